The van der Waals surface area contributed by atoms with Gasteiger partial charge in [0.05, 0.1) is 9.80 Å². The maximum absolute atomic E-state index is 10.5. The van der Waals surface area contributed by atoms with E-state index in [9.17, 15) is 10.1 Å². The Morgan fingerprint density at radius 2 is 2.31 bits per heavy atom. The number of hydrogen-bond donors (Lipinski definition) is 1. The van der Waals surface area contributed by atoms with Crippen molar-refractivity contribution in [1.82, 2.24) is 10.2 Å². The minimum Gasteiger partial charge on any atom is -0.420 e. The van der Waals surface area contributed by atoms with Crippen LogP contribution in [-0.4, -0.2) is 21.7 Å². The van der Waals surface area contributed by atoms with Crippen molar-refractivity contribution in [1.29, 1.82) is 0 Å². The van der Waals surface area contributed by atoms with Crippen LogP contribution in [-0.2, 0) is 6.42 Å². The summed E-state index contributed by atoms with van der Waals surface area (Å²) in [5, 5.41) is 18.1. The highest BCUT2D eigenvalue weighted by atomic mass is 32.1. The summed E-state index contributed by atoms with van der Waals surface area (Å²) in [6, 6.07) is 3.00. The molecular formula is C8H8N4O3S. The molecule has 2 aromatic rings. The van der Waals surface area contributed by atoms with Crippen LogP contribution in [0.2, 0.25) is 0 Å². The SMILES string of the molecule is NCCc1nnc(-c2ccc([N+](=O)[O-])s2)o1. The van der Waals surface area contributed by atoms with E-state index < -0.39 is 4.92 Å². The zero-order valence-corrected chi connectivity index (χ0v) is 8.94. The Morgan fingerprint density at radius 1 is 1.50 bits per heavy atom. The largest absolute Gasteiger partial charge is 0.420 e. The van der Waals surface area contributed by atoms with Crippen molar-refractivity contribution >= 4 is 16.3 Å². The Balaban J connectivity index is 2.24. The molecule has 0 radical (unpaired) electrons. The number of aromatic nitrogens is 2. The summed E-state index contributed by atoms with van der Waals surface area (Å²) in [6.45, 7) is 0.423. The average Bonchev–Trinajstić information content (AvgIpc) is 2.84. The highest BCUT2D eigenvalue weighted by Gasteiger charge is 2.15. The summed E-state index contributed by atoms with van der Waals surface area (Å²) in [4.78, 5) is 10.6. The molecule has 0 spiro atoms. The van der Waals surface area contributed by atoms with Crippen LogP contribution in [0.1, 0.15) is 5.89 Å². The van der Waals surface area contributed by atoms with Gasteiger partial charge in [-0.2, -0.15) is 0 Å². The molecule has 0 aliphatic carbocycles. The van der Waals surface area contributed by atoms with Gasteiger partial charge in [-0.25, -0.2) is 0 Å². The van der Waals surface area contributed by atoms with Gasteiger partial charge in [-0.1, -0.05) is 11.3 Å². The zero-order valence-electron chi connectivity index (χ0n) is 8.12. The first-order valence-corrected chi connectivity index (χ1v) is 5.29. The molecular weight excluding hydrogens is 232 g/mol. The molecule has 0 amide bonds. The Kier molecular flexibility index (Phi) is 2.93. The summed E-state index contributed by atoms with van der Waals surface area (Å²) >= 11 is 0.999. The first kappa shape index (κ1) is 10.7. The smallest absolute Gasteiger partial charge is 0.324 e. The zero-order chi connectivity index (χ0) is 11.5. The first-order chi connectivity index (χ1) is 7.70. The predicted molar refractivity (Wildman–Crippen MR) is 57.0 cm³/mol. The predicted octanol–water partition coefficient (Wildman–Crippen LogP) is 1.21. The van der Waals surface area contributed by atoms with E-state index in [0.29, 0.717) is 29.6 Å². The van der Waals surface area contributed by atoms with Gasteiger partial charge in [0.25, 0.3) is 5.89 Å². The third-order valence-electron chi connectivity index (χ3n) is 1.81. The van der Waals surface area contributed by atoms with Crippen LogP contribution in [0, 0.1) is 10.1 Å². The van der Waals surface area contributed by atoms with Gasteiger partial charge in [0.2, 0.25) is 5.89 Å². The highest BCUT2D eigenvalue weighted by molar-refractivity contribution is 7.18. The van der Waals surface area contributed by atoms with E-state index >= 15 is 0 Å². The van der Waals surface area contributed by atoms with Gasteiger partial charge in [-0.05, 0) is 6.07 Å². The molecule has 2 N–H and O–H groups in total. The molecule has 0 saturated carbocycles. The van der Waals surface area contributed by atoms with E-state index in [4.69, 9.17) is 10.2 Å². The van der Waals surface area contributed by atoms with Crippen molar-refractivity contribution in [2.24, 2.45) is 5.73 Å². The summed E-state index contributed by atoms with van der Waals surface area (Å²) in [5.74, 6) is 0.732. The molecule has 0 fully saturated rings. The maximum atomic E-state index is 10.5. The van der Waals surface area contributed by atoms with Crippen molar-refractivity contribution < 1.29 is 9.34 Å². The molecule has 2 aromatic heterocycles. The van der Waals surface area contributed by atoms with Gasteiger partial charge in [0.1, 0.15) is 0 Å². The fourth-order valence-corrected chi connectivity index (χ4v) is 1.86. The lowest BCUT2D eigenvalue weighted by Gasteiger charge is -1.87. The first-order valence-electron chi connectivity index (χ1n) is 4.47. The number of nitro groups is 1. The van der Waals surface area contributed by atoms with Crippen molar-refractivity contribution in [3.8, 4) is 10.8 Å². The van der Waals surface area contributed by atoms with Crippen LogP contribution < -0.4 is 5.73 Å². The van der Waals surface area contributed by atoms with Crippen LogP contribution in [0.5, 0.6) is 0 Å². The lowest BCUT2D eigenvalue weighted by Crippen LogP contribution is -2.02. The molecule has 7 nitrogen and oxygen atoms in total. The molecule has 8 heteroatoms. The van der Waals surface area contributed by atoms with Crippen molar-refractivity contribution in [3.05, 3.63) is 28.1 Å². The fraction of sp³-hybridized carbons (Fsp3) is 0.250. The second kappa shape index (κ2) is 4.37. The second-order valence-corrected chi connectivity index (χ2v) is 4.00. The number of nitrogens with zero attached hydrogens (tertiary/aromatic N) is 3. The standard InChI is InChI=1S/C8H8N4O3S/c9-4-3-6-10-11-8(15-6)5-1-2-7(16-5)12(13)14/h1-2H,3-4,9H2. The molecule has 0 aromatic carbocycles. The number of hydrogen-bond acceptors (Lipinski definition) is 7. The van der Waals surface area contributed by atoms with Crippen molar-refractivity contribution in [3.63, 3.8) is 0 Å². The van der Waals surface area contributed by atoms with Gasteiger partial charge < -0.3 is 10.2 Å². The summed E-state index contributed by atoms with van der Waals surface area (Å²) < 4.78 is 5.29. The Labute approximate surface area is 94.1 Å². The summed E-state index contributed by atoms with van der Waals surface area (Å²) in [7, 11) is 0. The van der Waals surface area contributed by atoms with E-state index in [1.165, 1.54) is 6.07 Å². The second-order valence-electron chi connectivity index (χ2n) is 2.93. The highest BCUT2D eigenvalue weighted by Crippen LogP contribution is 2.31. The van der Waals surface area contributed by atoms with Crippen LogP contribution in [0.4, 0.5) is 5.00 Å². The molecule has 0 bridgehead atoms. The maximum Gasteiger partial charge on any atom is 0.324 e. The third-order valence-corrected chi connectivity index (χ3v) is 2.83. The number of rotatable bonds is 4. The van der Waals surface area contributed by atoms with Gasteiger partial charge in [0, 0.05) is 19.0 Å². The Hall–Kier alpha value is -1.80. The van der Waals surface area contributed by atoms with Crippen molar-refractivity contribution in [2.45, 2.75) is 6.42 Å². The monoisotopic (exact) mass is 240 g/mol. The lowest BCUT2D eigenvalue weighted by atomic mass is 10.4. The van der Waals surface area contributed by atoms with Gasteiger partial charge >= 0.3 is 5.00 Å². The quantitative estimate of drug-likeness (QED) is 0.635. The molecule has 0 saturated heterocycles. The lowest BCUT2D eigenvalue weighted by molar-refractivity contribution is -0.380. The molecule has 2 rings (SSSR count). The minimum atomic E-state index is -0.453. The summed E-state index contributed by atoms with van der Waals surface area (Å²) in [5.41, 5.74) is 5.34. The normalized spacial score (nSPS) is 10.6. The van der Waals surface area contributed by atoms with Crippen LogP contribution in [0.25, 0.3) is 10.8 Å². The fourth-order valence-electron chi connectivity index (χ4n) is 1.12. The molecule has 0 unspecified atom stereocenters. The molecule has 84 valence electrons. The van der Waals surface area contributed by atoms with Crippen molar-refractivity contribution in [2.75, 3.05) is 6.54 Å². The van der Waals surface area contributed by atoms with Crippen LogP contribution in [0.3, 0.4) is 0 Å². The minimum absolute atomic E-state index is 0.0496. The van der Waals surface area contributed by atoms with Crippen LogP contribution in [0.15, 0.2) is 16.5 Å². The Bertz CT molecular complexity index is 507. The van der Waals surface area contributed by atoms with Crippen LogP contribution >= 0.6 is 11.3 Å². The molecule has 0 aliphatic heterocycles. The molecule has 0 atom stereocenters. The molecule has 0 aliphatic rings. The van der Waals surface area contributed by atoms with Gasteiger partial charge in [0.15, 0.2) is 0 Å². The number of nitrogens with two attached hydrogens (primary N) is 1. The van der Waals surface area contributed by atoms with Gasteiger partial charge in [-0.15, -0.1) is 10.2 Å². The average molecular weight is 240 g/mol. The van der Waals surface area contributed by atoms with E-state index in [-0.39, 0.29) is 5.00 Å². The molecule has 16 heavy (non-hydrogen) atoms. The topological polar surface area (TPSA) is 108 Å². The third kappa shape index (κ3) is 2.07. The number of thiophene rings is 1. The molecule has 2 heterocycles. The van der Waals surface area contributed by atoms with E-state index in [1.54, 1.807) is 6.07 Å². The van der Waals surface area contributed by atoms with E-state index in [1.807, 2.05) is 0 Å². The van der Waals surface area contributed by atoms with E-state index in [0.717, 1.165) is 11.3 Å². The summed E-state index contributed by atoms with van der Waals surface area (Å²) in [6.07, 6.45) is 0.500. The van der Waals surface area contributed by atoms with E-state index in [2.05, 4.69) is 10.2 Å². The van der Waals surface area contributed by atoms with Gasteiger partial charge in [-0.3, -0.25) is 10.1 Å². The Morgan fingerprint density at radius 3 is 2.94 bits per heavy atom.